The summed E-state index contributed by atoms with van der Waals surface area (Å²) < 4.78 is 11.5. The maximum atomic E-state index is 6.13. The van der Waals surface area contributed by atoms with E-state index in [4.69, 9.17) is 19.5 Å². The molecule has 0 amide bonds. The van der Waals surface area contributed by atoms with Crippen LogP contribution in [-0.2, 0) is 4.74 Å². The van der Waals surface area contributed by atoms with E-state index in [1.807, 2.05) is 24.3 Å². The Morgan fingerprint density at radius 2 is 1.58 bits per heavy atom. The van der Waals surface area contributed by atoms with Crippen LogP contribution in [0.4, 0.5) is 5.69 Å². The van der Waals surface area contributed by atoms with E-state index < -0.39 is 0 Å². The number of hydrogen-bond acceptors (Lipinski definition) is 4. The van der Waals surface area contributed by atoms with Crippen molar-refractivity contribution in [3.8, 4) is 5.75 Å². The number of hydrogen-bond donors (Lipinski definition) is 0. The zero-order chi connectivity index (χ0) is 22.8. The summed E-state index contributed by atoms with van der Waals surface area (Å²) in [5.41, 5.74) is 5.30. The summed E-state index contributed by atoms with van der Waals surface area (Å²) >= 11 is 0. The maximum absolute atomic E-state index is 6.13. The largest absolute Gasteiger partial charge is 0.497 e. The third-order valence-electron chi connectivity index (χ3n) is 5.78. The lowest BCUT2D eigenvalue weighted by Gasteiger charge is -2.21. The first-order chi connectivity index (χ1) is 14.6. The zero-order valence-corrected chi connectivity index (χ0v) is 20.2. The monoisotopic (exact) mass is 420 g/mol. The predicted octanol–water partition coefficient (Wildman–Crippen LogP) is 6.91. The highest BCUT2D eigenvalue weighted by molar-refractivity contribution is 6.46. The molecule has 0 N–H and O–H groups in total. The van der Waals surface area contributed by atoms with Crippen molar-refractivity contribution in [3.05, 3.63) is 59.2 Å². The molecule has 4 heteroatoms. The fourth-order valence-electron chi connectivity index (χ4n) is 3.68. The molecule has 0 unspecified atom stereocenters. The molecule has 1 aliphatic rings. The summed E-state index contributed by atoms with van der Waals surface area (Å²) in [7, 11) is 1.68. The van der Waals surface area contributed by atoms with Crippen LogP contribution >= 0.6 is 0 Å². The quantitative estimate of drug-likeness (QED) is 0.477. The Labute approximate surface area is 187 Å². The molecule has 0 saturated heterocycles. The van der Waals surface area contributed by atoms with E-state index in [2.05, 4.69) is 66.7 Å². The highest BCUT2D eigenvalue weighted by atomic mass is 16.5. The van der Waals surface area contributed by atoms with Crippen LogP contribution < -0.4 is 4.74 Å². The van der Waals surface area contributed by atoms with Gasteiger partial charge in [0.1, 0.15) is 18.1 Å². The third kappa shape index (κ3) is 5.17. The van der Waals surface area contributed by atoms with Crippen molar-refractivity contribution in [2.45, 2.75) is 66.3 Å². The van der Waals surface area contributed by atoms with Gasteiger partial charge in [0, 0.05) is 5.56 Å². The number of aliphatic imine (C=N–C) groups is 2. The first-order valence-corrected chi connectivity index (χ1v) is 11.2. The van der Waals surface area contributed by atoms with Gasteiger partial charge in [-0.3, -0.25) is 0 Å². The summed E-state index contributed by atoms with van der Waals surface area (Å²) in [5, 5.41) is 0. The summed E-state index contributed by atoms with van der Waals surface area (Å²) in [4.78, 5) is 10.2. The van der Waals surface area contributed by atoms with Crippen LogP contribution in [0, 0.1) is 5.41 Å². The number of benzene rings is 2. The van der Waals surface area contributed by atoms with E-state index in [1.54, 1.807) is 7.11 Å². The second kappa shape index (κ2) is 9.25. The van der Waals surface area contributed by atoms with Crippen molar-refractivity contribution >= 4 is 17.3 Å². The van der Waals surface area contributed by atoms with Gasteiger partial charge in [0.25, 0.3) is 0 Å². The van der Waals surface area contributed by atoms with Gasteiger partial charge in [-0.1, -0.05) is 66.7 Å². The highest BCUT2D eigenvalue weighted by Crippen LogP contribution is 2.36. The average Bonchev–Trinajstić information content (AvgIpc) is 3.22. The van der Waals surface area contributed by atoms with Crippen molar-refractivity contribution < 1.29 is 9.47 Å². The number of rotatable bonds is 6. The summed E-state index contributed by atoms with van der Waals surface area (Å²) in [6.45, 7) is 16.0. The second-order valence-electron chi connectivity index (χ2n) is 9.91. The SMILES string of the molecule is COc1ccc(C(=Nc2c(C(C)C)cccc2C(C)C)C2=N[C@@H](C(C)(C)C)CO2)cc1. The first-order valence-electron chi connectivity index (χ1n) is 11.2. The smallest absolute Gasteiger partial charge is 0.236 e. The van der Waals surface area contributed by atoms with Crippen LogP contribution in [0.3, 0.4) is 0 Å². The van der Waals surface area contributed by atoms with Crippen LogP contribution in [-0.4, -0.2) is 31.4 Å². The van der Waals surface area contributed by atoms with Gasteiger partial charge < -0.3 is 9.47 Å². The summed E-state index contributed by atoms with van der Waals surface area (Å²) in [6, 6.07) is 14.6. The molecule has 0 fully saturated rings. The van der Waals surface area contributed by atoms with Crippen LogP contribution in [0.25, 0.3) is 0 Å². The normalized spacial score (nSPS) is 17.2. The molecule has 31 heavy (non-hydrogen) atoms. The molecule has 4 nitrogen and oxygen atoms in total. The Kier molecular flexibility index (Phi) is 6.88. The molecular formula is C27H36N2O2. The molecule has 0 bridgehead atoms. The van der Waals surface area contributed by atoms with Crippen LogP contribution in [0.1, 0.15) is 77.0 Å². The Hall–Kier alpha value is -2.62. The Morgan fingerprint density at radius 3 is 2.03 bits per heavy atom. The van der Waals surface area contributed by atoms with E-state index in [9.17, 15) is 0 Å². The predicted molar refractivity (Wildman–Crippen MR) is 130 cm³/mol. The summed E-state index contributed by atoms with van der Waals surface area (Å²) in [6.07, 6.45) is 0. The van der Waals surface area contributed by atoms with Gasteiger partial charge in [-0.15, -0.1) is 0 Å². The standard InChI is InChI=1S/C27H36N2O2/c1-17(2)21-10-9-11-22(18(3)4)25(21)29-24(19-12-14-20(30-8)15-13-19)26-28-23(16-31-26)27(5,6)7/h9-15,17-18,23H,16H2,1-8H3/t23-/m1/s1. The molecule has 0 aromatic heterocycles. The van der Waals surface area contributed by atoms with E-state index in [-0.39, 0.29) is 11.5 Å². The van der Waals surface area contributed by atoms with Gasteiger partial charge in [-0.2, -0.15) is 0 Å². The molecule has 3 rings (SSSR count). The van der Waals surface area contributed by atoms with E-state index >= 15 is 0 Å². The molecule has 2 aromatic rings. The number of para-hydroxylation sites is 1. The maximum Gasteiger partial charge on any atom is 0.236 e. The van der Waals surface area contributed by atoms with Crippen LogP contribution in [0.5, 0.6) is 5.75 Å². The number of nitrogens with zero attached hydrogens (tertiary/aromatic N) is 2. The van der Waals surface area contributed by atoms with Crippen molar-refractivity contribution in [1.29, 1.82) is 0 Å². The first kappa shape index (κ1) is 23.1. The lowest BCUT2D eigenvalue weighted by Crippen LogP contribution is -2.25. The fraction of sp³-hybridized carbons (Fsp3) is 0.481. The minimum absolute atomic E-state index is 0.0334. The Morgan fingerprint density at radius 1 is 1.00 bits per heavy atom. The van der Waals surface area contributed by atoms with Crippen LogP contribution in [0.15, 0.2) is 52.4 Å². The van der Waals surface area contributed by atoms with E-state index in [0.717, 1.165) is 22.7 Å². The summed E-state index contributed by atoms with van der Waals surface area (Å²) in [5.74, 6) is 2.17. The van der Waals surface area contributed by atoms with Gasteiger partial charge in [0.05, 0.1) is 18.8 Å². The minimum Gasteiger partial charge on any atom is -0.497 e. The topological polar surface area (TPSA) is 43.2 Å². The molecular weight excluding hydrogens is 384 g/mol. The molecule has 0 aliphatic carbocycles. The second-order valence-corrected chi connectivity index (χ2v) is 9.91. The molecule has 0 radical (unpaired) electrons. The third-order valence-corrected chi connectivity index (χ3v) is 5.78. The molecule has 1 heterocycles. The fourth-order valence-corrected chi connectivity index (χ4v) is 3.68. The number of ether oxygens (including phenoxy) is 2. The van der Waals surface area contributed by atoms with Crippen LogP contribution in [0.2, 0.25) is 0 Å². The number of methoxy groups -OCH3 is 1. The lowest BCUT2D eigenvalue weighted by atomic mass is 9.88. The minimum atomic E-state index is 0.0334. The van der Waals surface area contributed by atoms with E-state index in [0.29, 0.717) is 24.3 Å². The zero-order valence-electron chi connectivity index (χ0n) is 20.2. The van der Waals surface area contributed by atoms with Crippen molar-refractivity contribution in [2.24, 2.45) is 15.4 Å². The molecule has 2 aromatic carbocycles. The van der Waals surface area contributed by atoms with Gasteiger partial charge in [-0.25, -0.2) is 9.98 Å². The molecule has 1 aliphatic heterocycles. The average molecular weight is 421 g/mol. The molecule has 166 valence electrons. The molecule has 0 saturated carbocycles. The van der Waals surface area contributed by atoms with Gasteiger partial charge >= 0.3 is 0 Å². The van der Waals surface area contributed by atoms with Gasteiger partial charge in [0.2, 0.25) is 5.90 Å². The van der Waals surface area contributed by atoms with Gasteiger partial charge in [0.15, 0.2) is 0 Å². The van der Waals surface area contributed by atoms with Crippen molar-refractivity contribution in [3.63, 3.8) is 0 Å². The Balaban J connectivity index is 2.21. The molecule has 1 atom stereocenters. The van der Waals surface area contributed by atoms with E-state index in [1.165, 1.54) is 11.1 Å². The Bertz CT molecular complexity index is 937. The lowest BCUT2D eigenvalue weighted by molar-refractivity contribution is 0.237. The van der Waals surface area contributed by atoms with Crippen molar-refractivity contribution in [1.82, 2.24) is 0 Å². The molecule has 0 spiro atoms. The van der Waals surface area contributed by atoms with Gasteiger partial charge in [-0.05, 0) is 52.6 Å². The highest BCUT2D eigenvalue weighted by Gasteiger charge is 2.32. The van der Waals surface area contributed by atoms with Crippen molar-refractivity contribution in [2.75, 3.05) is 13.7 Å².